The maximum absolute atomic E-state index is 12.6. The molecule has 2 fully saturated rings. The van der Waals surface area contributed by atoms with Crippen LogP contribution in [0.5, 0.6) is 0 Å². The third kappa shape index (κ3) is 6.15. The van der Waals surface area contributed by atoms with Gasteiger partial charge in [-0.1, -0.05) is 30.3 Å². The highest BCUT2D eigenvalue weighted by molar-refractivity contribution is 7.91. The summed E-state index contributed by atoms with van der Waals surface area (Å²) in [7, 11) is -3.41. The van der Waals surface area contributed by atoms with Gasteiger partial charge in [-0.05, 0) is 22.6 Å². The van der Waals surface area contributed by atoms with Crippen molar-refractivity contribution in [2.75, 3.05) is 59.0 Å². The minimum absolute atomic E-state index is 0.0445. The Hall–Kier alpha value is -1.82. The second-order valence-corrected chi connectivity index (χ2v) is 11.2. The van der Waals surface area contributed by atoms with Crippen LogP contribution in [-0.2, 0) is 32.6 Å². The minimum atomic E-state index is -3.41. The summed E-state index contributed by atoms with van der Waals surface area (Å²) in [5.74, 6) is -0.0445. The smallest absolute Gasteiger partial charge is 0.252 e. The van der Waals surface area contributed by atoms with E-state index < -0.39 is 10.0 Å². The van der Waals surface area contributed by atoms with Crippen LogP contribution in [0.1, 0.15) is 11.1 Å². The Kier molecular flexibility index (Phi) is 7.93. The van der Waals surface area contributed by atoms with Crippen LogP contribution in [0.15, 0.2) is 46.0 Å². The number of nitrogens with one attached hydrogen (secondary N) is 1. The monoisotopic (exact) mass is 478 g/mol. The number of ether oxygens (including phenoxy) is 1. The highest BCUT2D eigenvalue weighted by Crippen LogP contribution is 2.22. The molecular weight excluding hydrogens is 448 g/mol. The number of carbonyl (C=O) groups is 1. The minimum Gasteiger partial charge on any atom is -0.379 e. The van der Waals surface area contributed by atoms with E-state index in [9.17, 15) is 13.2 Å². The summed E-state index contributed by atoms with van der Waals surface area (Å²) in [6.07, 6.45) is 0. The Morgan fingerprint density at radius 3 is 2.28 bits per heavy atom. The molecule has 0 radical (unpaired) electrons. The van der Waals surface area contributed by atoms with Gasteiger partial charge in [-0.15, -0.1) is 11.3 Å². The van der Waals surface area contributed by atoms with Crippen molar-refractivity contribution in [3.63, 3.8) is 0 Å². The van der Waals surface area contributed by atoms with E-state index in [4.69, 9.17) is 4.74 Å². The van der Waals surface area contributed by atoms with E-state index in [-0.39, 0.29) is 12.5 Å². The van der Waals surface area contributed by atoms with E-state index in [2.05, 4.69) is 34.5 Å². The highest BCUT2D eigenvalue weighted by Gasteiger charge is 2.29. The van der Waals surface area contributed by atoms with Crippen LogP contribution < -0.4 is 5.32 Å². The molecule has 2 saturated heterocycles. The molecular formula is C22H30N4O4S2. The second kappa shape index (κ2) is 10.9. The molecule has 0 aliphatic carbocycles. The number of thiophene rings is 1. The zero-order chi connectivity index (χ0) is 22.4. The number of piperazine rings is 1. The molecule has 2 aliphatic heterocycles. The van der Waals surface area contributed by atoms with Gasteiger partial charge in [0.05, 0.1) is 19.8 Å². The van der Waals surface area contributed by atoms with Crippen LogP contribution in [0.3, 0.4) is 0 Å². The van der Waals surface area contributed by atoms with Crippen LogP contribution in [0.2, 0.25) is 0 Å². The van der Waals surface area contributed by atoms with Crippen molar-refractivity contribution in [2.24, 2.45) is 0 Å². The summed E-state index contributed by atoms with van der Waals surface area (Å²) in [6.45, 7) is 7.11. The topological polar surface area (TPSA) is 82.2 Å². The normalized spacial score (nSPS) is 19.1. The Morgan fingerprint density at radius 2 is 1.62 bits per heavy atom. The van der Waals surface area contributed by atoms with Crippen molar-refractivity contribution in [3.8, 4) is 0 Å². The molecule has 2 aromatic rings. The number of hydrogen-bond donors (Lipinski definition) is 1. The molecule has 1 amide bonds. The SMILES string of the molecule is O=C(CN1CCN(S(=O)(=O)c2cccs2)CC1)NCc1ccc(CN2CCOCC2)cc1. The van der Waals surface area contributed by atoms with Gasteiger partial charge in [-0.2, -0.15) is 4.31 Å². The molecule has 8 nitrogen and oxygen atoms in total. The van der Waals surface area contributed by atoms with E-state index in [0.717, 1.165) is 38.4 Å². The van der Waals surface area contributed by atoms with E-state index in [1.54, 1.807) is 17.5 Å². The number of sulfonamides is 1. The quantitative estimate of drug-likeness (QED) is 0.614. The highest BCUT2D eigenvalue weighted by atomic mass is 32.2. The lowest BCUT2D eigenvalue weighted by Crippen LogP contribution is -2.50. The average Bonchev–Trinajstić information content (AvgIpc) is 3.36. The molecule has 0 atom stereocenters. The molecule has 1 aromatic heterocycles. The summed E-state index contributed by atoms with van der Waals surface area (Å²) in [6, 6.07) is 11.7. The fourth-order valence-electron chi connectivity index (χ4n) is 3.91. The lowest BCUT2D eigenvalue weighted by molar-refractivity contribution is -0.122. The molecule has 4 rings (SSSR count). The molecule has 3 heterocycles. The summed E-state index contributed by atoms with van der Waals surface area (Å²) < 4.78 is 32.5. The molecule has 1 aromatic carbocycles. The first-order chi connectivity index (χ1) is 15.5. The van der Waals surface area contributed by atoms with Crippen molar-refractivity contribution in [2.45, 2.75) is 17.3 Å². The zero-order valence-corrected chi connectivity index (χ0v) is 19.7. The molecule has 0 saturated carbocycles. The summed E-state index contributed by atoms with van der Waals surface area (Å²) >= 11 is 1.23. The summed E-state index contributed by atoms with van der Waals surface area (Å²) in [5.41, 5.74) is 2.33. The summed E-state index contributed by atoms with van der Waals surface area (Å²) in [4.78, 5) is 16.8. The first-order valence-corrected chi connectivity index (χ1v) is 13.2. The predicted molar refractivity (Wildman–Crippen MR) is 124 cm³/mol. The van der Waals surface area contributed by atoms with E-state index in [1.165, 1.54) is 21.2 Å². The van der Waals surface area contributed by atoms with Crippen LogP contribution in [0, 0.1) is 0 Å². The number of nitrogens with zero attached hydrogens (tertiary/aromatic N) is 3. The predicted octanol–water partition coefficient (Wildman–Crippen LogP) is 1.20. The number of hydrogen-bond acceptors (Lipinski definition) is 7. The van der Waals surface area contributed by atoms with Gasteiger partial charge in [0.2, 0.25) is 5.91 Å². The number of morpholine rings is 1. The number of amides is 1. The van der Waals surface area contributed by atoms with Crippen molar-refractivity contribution in [1.82, 2.24) is 19.4 Å². The fourth-order valence-corrected chi connectivity index (χ4v) is 6.47. The number of benzene rings is 1. The third-order valence-electron chi connectivity index (χ3n) is 5.81. The average molecular weight is 479 g/mol. The van der Waals surface area contributed by atoms with Crippen molar-refractivity contribution in [3.05, 3.63) is 52.9 Å². The van der Waals surface area contributed by atoms with Crippen molar-refractivity contribution in [1.29, 1.82) is 0 Å². The fraction of sp³-hybridized carbons (Fsp3) is 0.500. The van der Waals surface area contributed by atoms with Gasteiger partial charge in [0.1, 0.15) is 4.21 Å². The van der Waals surface area contributed by atoms with Gasteiger partial charge in [0.25, 0.3) is 10.0 Å². The van der Waals surface area contributed by atoms with Gasteiger partial charge in [0.15, 0.2) is 0 Å². The Morgan fingerprint density at radius 1 is 0.938 bits per heavy atom. The van der Waals surface area contributed by atoms with E-state index >= 15 is 0 Å². The maximum Gasteiger partial charge on any atom is 0.252 e. The van der Waals surface area contributed by atoms with Gasteiger partial charge in [-0.25, -0.2) is 8.42 Å². The van der Waals surface area contributed by atoms with Crippen molar-refractivity contribution >= 4 is 27.3 Å². The van der Waals surface area contributed by atoms with Crippen LogP contribution in [0.25, 0.3) is 0 Å². The Labute approximate surface area is 193 Å². The van der Waals surface area contributed by atoms with Crippen LogP contribution in [-0.4, -0.2) is 87.5 Å². The van der Waals surface area contributed by atoms with Gasteiger partial charge < -0.3 is 10.1 Å². The third-order valence-corrected chi connectivity index (χ3v) is 9.08. The molecule has 0 unspecified atom stereocenters. The molecule has 0 spiro atoms. The lowest BCUT2D eigenvalue weighted by Gasteiger charge is -2.33. The van der Waals surface area contributed by atoms with Gasteiger partial charge in [0, 0.05) is 52.4 Å². The second-order valence-electron chi connectivity index (χ2n) is 8.09. The molecule has 32 heavy (non-hydrogen) atoms. The molecule has 2 aliphatic rings. The van der Waals surface area contributed by atoms with E-state index in [1.807, 2.05) is 4.90 Å². The number of rotatable bonds is 8. The Balaban J connectivity index is 1.18. The first kappa shape index (κ1) is 23.3. The largest absolute Gasteiger partial charge is 0.379 e. The zero-order valence-electron chi connectivity index (χ0n) is 18.1. The standard InChI is InChI=1S/C22H30N4O4S2/c27-21(18-24-7-9-26(10-8-24)32(28,29)22-2-1-15-31-22)23-16-19-3-5-20(6-4-19)17-25-11-13-30-14-12-25/h1-6,15H,7-14,16-18H2,(H,23,27). The maximum atomic E-state index is 12.6. The molecule has 174 valence electrons. The van der Waals surface area contributed by atoms with Gasteiger partial charge in [-0.3, -0.25) is 14.6 Å². The van der Waals surface area contributed by atoms with E-state index in [0.29, 0.717) is 36.9 Å². The van der Waals surface area contributed by atoms with Gasteiger partial charge >= 0.3 is 0 Å². The van der Waals surface area contributed by atoms with Crippen LogP contribution >= 0.6 is 11.3 Å². The van der Waals surface area contributed by atoms with Crippen molar-refractivity contribution < 1.29 is 17.9 Å². The molecule has 1 N–H and O–H groups in total. The van der Waals surface area contributed by atoms with Crippen LogP contribution in [0.4, 0.5) is 0 Å². The first-order valence-electron chi connectivity index (χ1n) is 10.9. The molecule has 10 heteroatoms. The number of carbonyl (C=O) groups excluding carboxylic acids is 1. The summed E-state index contributed by atoms with van der Waals surface area (Å²) in [5, 5.41) is 4.74. The lowest BCUT2D eigenvalue weighted by atomic mass is 10.1. The molecule has 0 bridgehead atoms. The Bertz CT molecular complexity index is 966.